The number of nitrogens with zero attached hydrogens (tertiary/aromatic N) is 1. The molecule has 0 saturated heterocycles. The highest BCUT2D eigenvalue weighted by Crippen LogP contribution is 2.15. The summed E-state index contributed by atoms with van der Waals surface area (Å²) < 4.78 is 1.76. The van der Waals surface area contributed by atoms with Gasteiger partial charge in [0.1, 0.15) is 5.69 Å². The Hall–Kier alpha value is -1.45. The maximum Gasteiger partial charge on any atom is 0.265 e. The van der Waals surface area contributed by atoms with E-state index >= 15 is 0 Å². The van der Waals surface area contributed by atoms with E-state index in [9.17, 15) is 4.79 Å². The van der Waals surface area contributed by atoms with Crippen molar-refractivity contribution in [1.29, 1.82) is 0 Å². The molecule has 0 saturated carbocycles. The molecule has 1 rings (SSSR count). The van der Waals surface area contributed by atoms with E-state index in [1.807, 2.05) is 13.8 Å². The number of hydrogen-bond acceptors (Lipinski definition) is 2. The SMILES string of the molecule is CC(C)n1cc(N)cc1C(N)=O. The Morgan fingerprint density at radius 1 is 1.58 bits per heavy atom. The molecular weight excluding hydrogens is 154 g/mol. The third-order valence-corrected chi connectivity index (χ3v) is 1.68. The molecule has 4 heteroatoms. The summed E-state index contributed by atoms with van der Waals surface area (Å²) in [6.07, 6.45) is 1.71. The topological polar surface area (TPSA) is 74.0 Å². The Morgan fingerprint density at radius 2 is 2.17 bits per heavy atom. The average Bonchev–Trinajstić information content (AvgIpc) is 2.31. The van der Waals surface area contributed by atoms with Gasteiger partial charge in [-0.15, -0.1) is 0 Å². The average molecular weight is 167 g/mol. The van der Waals surface area contributed by atoms with Crippen molar-refractivity contribution in [3.05, 3.63) is 18.0 Å². The molecule has 66 valence electrons. The maximum absolute atomic E-state index is 10.9. The second-order valence-corrected chi connectivity index (χ2v) is 3.02. The molecule has 0 unspecified atom stereocenters. The summed E-state index contributed by atoms with van der Waals surface area (Å²) in [5.41, 5.74) is 11.7. The van der Waals surface area contributed by atoms with Gasteiger partial charge >= 0.3 is 0 Å². The Kier molecular flexibility index (Phi) is 2.08. The fourth-order valence-electron chi connectivity index (χ4n) is 1.13. The van der Waals surface area contributed by atoms with Crippen LogP contribution in [0.5, 0.6) is 0 Å². The van der Waals surface area contributed by atoms with Gasteiger partial charge in [0.15, 0.2) is 0 Å². The quantitative estimate of drug-likeness (QED) is 0.682. The minimum absolute atomic E-state index is 0.199. The molecule has 0 aromatic carbocycles. The number of carbonyl (C=O) groups excluding carboxylic acids is 1. The van der Waals surface area contributed by atoms with Crippen LogP contribution in [0, 0.1) is 0 Å². The predicted molar refractivity (Wildman–Crippen MR) is 47.7 cm³/mol. The van der Waals surface area contributed by atoms with Gasteiger partial charge in [0, 0.05) is 12.2 Å². The Bertz CT molecular complexity index is 301. The molecule has 1 amide bonds. The van der Waals surface area contributed by atoms with Crippen molar-refractivity contribution in [1.82, 2.24) is 4.57 Å². The van der Waals surface area contributed by atoms with Crippen molar-refractivity contribution in [2.75, 3.05) is 5.73 Å². The lowest BCUT2D eigenvalue weighted by molar-refractivity contribution is 0.0990. The first-order valence-electron chi connectivity index (χ1n) is 3.79. The summed E-state index contributed by atoms with van der Waals surface area (Å²) in [5, 5.41) is 0. The molecule has 1 aromatic heterocycles. The van der Waals surface area contributed by atoms with E-state index in [0.717, 1.165) is 0 Å². The summed E-state index contributed by atoms with van der Waals surface area (Å²) >= 11 is 0. The fourth-order valence-corrected chi connectivity index (χ4v) is 1.13. The van der Waals surface area contributed by atoms with Gasteiger partial charge in [0.2, 0.25) is 0 Å². The number of carbonyl (C=O) groups is 1. The van der Waals surface area contributed by atoms with Crippen LogP contribution in [-0.4, -0.2) is 10.5 Å². The summed E-state index contributed by atoms with van der Waals surface area (Å²) in [6, 6.07) is 1.78. The predicted octanol–water partition coefficient (Wildman–Crippen LogP) is 0.750. The van der Waals surface area contributed by atoms with Crippen molar-refractivity contribution >= 4 is 11.6 Å². The molecule has 0 fully saturated rings. The second kappa shape index (κ2) is 2.89. The van der Waals surface area contributed by atoms with Gasteiger partial charge in [-0.25, -0.2) is 0 Å². The van der Waals surface area contributed by atoms with Crippen molar-refractivity contribution in [3.8, 4) is 0 Å². The van der Waals surface area contributed by atoms with Crippen LogP contribution < -0.4 is 11.5 Å². The van der Waals surface area contributed by atoms with Gasteiger partial charge in [0.05, 0.1) is 5.69 Å². The maximum atomic E-state index is 10.9. The summed E-state index contributed by atoms with van der Waals surface area (Å²) in [6.45, 7) is 3.93. The Labute approximate surface area is 71.2 Å². The zero-order valence-corrected chi connectivity index (χ0v) is 7.24. The molecule has 1 heterocycles. The summed E-state index contributed by atoms with van der Waals surface area (Å²) in [5.74, 6) is -0.444. The fraction of sp³-hybridized carbons (Fsp3) is 0.375. The summed E-state index contributed by atoms with van der Waals surface area (Å²) in [7, 11) is 0. The molecule has 1 aromatic rings. The zero-order chi connectivity index (χ0) is 9.30. The van der Waals surface area contributed by atoms with Gasteiger partial charge in [-0.05, 0) is 19.9 Å². The lowest BCUT2D eigenvalue weighted by Crippen LogP contribution is -2.17. The van der Waals surface area contributed by atoms with Gasteiger partial charge in [-0.3, -0.25) is 4.79 Å². The lowest BCUT2D eigenvalue weighted by Gasteiger charge is -2.09. The molecule has 0 aliphatic rings. The highest BCUT2D eigenvalue weighted by atomic mass is 16.1. The summed E-state index contributed by atoms with van der Waals surface area (Å²) in [4.78, 5) is 10.9. The smallest absolute Gasteiger partial charge is 0.265 e. The normalized spacial score (nSPS) is 10.6. The standard InChI is InChI=1S/C8H13N3O/c1-5(2)11-4-6(9)3-7(11)8(10)12/h3-5H,9H2,1-2H3,(H2,10,12). The number of hydrogen-bond donors (Lipinski definition) is 2. The van der Waals surface area contributed by atoms with Crippen LogP contribution in [0.1, 0.15) is 30.4 Å². The van der Waals surface area contributed by atoms with E-state index in [1.165, 1.54) is 0 Å². The monoisotopic (exact) mass is 167 g/mol. The molecule has 12 heavy (non-hydrogen) atoms. The van der Waals surface area contributed by atoms with Gasteiger partial charge in [-0.1, -0.05) is 0 Å². The van der Waals surface area contributed by atoms with Crippen LogP contribution in [0.2, 0.25) is 0 Å². The molecular formula is C8H13N3O. The molecule has 4 nitrogen and oxygen atoms in total. The molecule has 0 spiro atoms. The third-order valence-electron chi connectivity index (χ3n) is 1.68. The van der Waals surface area contributed by atoms with Crippen molar-refractivity contribution in [2.24, 2.45) is 5.73 Å². The molecule has 0 aliphatic carbocycles. The molecule has 0 atom stereocenters. The molecule has 0 aliphatic heterocycles. The van der Waals surface area contributed by atoms with Crippen LogP contribution in [-0.2, 0) is 0 Å². The zero-order valence-electron chi connectivity index (χ0n) is 7.24. The second-order valence-electron chi connectivity index (χ2n) is 3.02. The Morgan fingerprint density at radius 3 is 2.50 bits per heavy atom. The van der Waals surface area contributed by atoms with E-state index < -0.39 is 5.91 Å². The van der Waals surface area contributed by atoms with Crippen LogP contribution in [0.3, 0.4) is 0 Å². The first-order chi connectivity index (χ1) is 5.52. The van der Waals surface area contributed by atoms with Gasteiger partial charge < -0.3 is 16.0 Å². The van der Waals surface area contributed by atoms with Crippen LogP contribution >= 0.6 is 0 Å². The van der Waals surface area contributed by atoms with Crippen molar-refractivity contribution < 1.29 is 4.79 Å². The first kappa shape index (κ1) is 8.64. The first-order valence-corrected chi connectivity index (χ1v) is 3.79. The van der Waals surface area contributed by atoms with Crippen LogP contribution in [0.25, 0.3) is 0 Å². The lowest BCUT2D eigenvalue weighted by atomic mass is 10.3. The van der Waals surface area contributed by atoms with Crippen LogP contribution in [0.15, 0.2) is 12.3 Å². The third kappa shape index (κ3) is 1.42. The van der Waals surface area contributed by atoms with Crippen molar-refractivity contribution in [3.63, 3.8) is 0 Å². The molecule has 4 N–H and O–H groups in total. The number of amides is 1. The highest BCUT2D eigenvalue weighted by Gasteiger charge is 2.10. The number of nitrogen functional groups attached to an aromatic ring is 1. The van der Waals surface area contributed by atoms with Gasteiger partial charge in [-0.2, -0.15) is 0 Å². The number of primary amides is 1. The number of nitrogens with two attached hydrogens (primary N) is 2. The Balaban J connectivity index is 3.17. The highest BCUT2D eigenvalue weighted by molar-refractivity contribution is 5.92. The minimum atomic E-state index is -0.444. The van der Waals surface area contributed by atoms with E-state index in [-0.39, 0.29) is 6.04 Å². The number of anilines is 1. The van der Waals surface area contributed by atoms with E-state index in [4.69, 9.17) is 11.5 Å². The largest absolute Gasteiger partial charge is 0.397 e. The van der Waals surface area contributed by atoms with E-state index in [0.29, 0.717) is 11.4 Å². The van der Waals surface area contributed by atoms with Gasteiger partial charge in [0.25, 0.3) is 5.91 Å². The van der Waals surface area contributed by atoms with Crippen LogP contribution in [0.4, 0.5) is 5.69 Å². The number of rotatable bonds is 2. The molecule has 0 radical (unpaired) electrons. The van der Waals surface area contributed by atoms with E-state index in [1.54, 1.807) is 16.8 Å². The van der Waals surface area contributed by atoms with Crippen molar-refractivity contribution in [2.45, 2.75) is 19.9 Å². The van der Waals surface area contributed by atoms with E-state index in [2.05, 4.69) is 0 Å². The molecule has 0 bridgehead atoms. The minimum Gasteiger partial charge on any atom is -0.397 e. The number of aromatic nitrogens is 1.